The van der Waals surface area contributed by atoms with Crippen LogP contribution in [0, 0.1) is 11.3 Å². The van der Waals surface area contributed by atoms with Crippen LogP contribution < -0.4 is 20.3 Å². The van der Waals surface area contributed by atoms with Gasteiger partial charge in [0.2, 0.25) is 5.91 Å². The number of nitrogens with zero attached hydrogens (tertiary/aromatic N) is 1. The normalized spacial score (nSPS) is 15.5. The van der Waals surface area contributed by atoms with Gasteiger partial charge in [0.15, 0.2) is 0 Å². The number of urea groups is 1. The molecule has 0 unspecified atom stereocenters. The Hall–Kier alpha value is -2.54. The number of carbonyl (C=O) groups is 2. The Kier molecular flexibility index (Phi) is 6.47. The molecule has 1 aliphatic heterocycles. The third-order valence-electron chi connectivity index (χ3n) is 4.85. The first-order valence-corrected chi connectivity index (χ1v) is 10.8. The summed E-state index contributed by atoms with van der Waals surface area (Å²) in [4.78, 5) is 28.3. The van der Waals surface area contributed by atoms with Crippen molar-refractivity contribution in [3.63, 3.8) is 0 Å². The van der Waals surface area contributed by atoms with Crippen LogP contribution in [0.15, 0.2) is 35.7 Å². The summed E-state index contributed by atoms with van der Waals surface area (Å²) in [6, 6.07) is 9.09. The fourth-order valence-electron chi connectivity index (χ4n) is 3.09. The number of benzene rings is 1. The lowest BCUT2D eigenvalue weighted by Crippen LogP contribution is -2.42. The van der Waals surface area contributed by atoms with Gasteiger partial charge in [-0.1, -0.05) is 19.9 Å². The average molecular weight is 416 g/mol. The third-order valence-corrected chi connectivity index (χ3v) is 5.73. The third kappa shape index (κ3) is 5.29. The quantitative estimate of drug-likeness (QED) is 0.707. The van der Waals surface area contributed by atoms with E-state index in [1.54, 1.807) is 22.3 Å². The molecule has 3 rings (SSSR count). The largest absolute Gasteiger partial charge is 0.490 e. The Morgan fingerprint density at radius 1 is 1.31 bits per heavy atom. The van der Waals surface area contributed by atoms with Crippen LogP contribution in [0.25, 0.3) is 0 Å². The second-order valence-corrected chi connectivity index (χ2v) is 9.41. The summed E-state index contributed by atoms with van der Waals surface area (Å²) < 4.78 is 5.94. The Bertz CT molecular complexity index is 862. The highest BCUT2D eigenvalue weighted by Crippen LogP contribution is 2.38. The van der Waals surface area contributed by atoms with Crippen LogP contribution in [0.2, 0.25) is 0 Å². The molecule has 6 nitrogen and oxygen atoms in total. The van der Waals surface area contributed by atoms with Gasteiger partial charge >= 0.3 is 6.03 Å². The van der Waals surface area contributed by atoms with E-state index in [4.69, 9.17) is 4.74 Å². The predicted molar refractivity (Wildman–Crippen MR) is 118 cm³/mol. The number of carbonyl (C=O) groups excluding carboxylic acids is 2. The zero-order valence-electron chi connectivity index (χ0n) is 17.5. The number of thiophene rings is 1. The molecule has 0 bridgehead atoms. The molecule has 0 spiro atoms. The number of fused-ring (bicyclic) bond motifs is 1. The molecular formula is C22H29N3O3S. The standard InChI is InChI=1S/C22H29N3O3S/c1-15(2)9-10-25-18-12-16(24-21(27)23-13-17-6-5-11-29-17)7-8-19(18)28-14-22(3,4)20(25)26/h5-8,11-12,15H,9-10,13-14H2,1-4H3,(H2,23,24,27). The highest BCUT2D eigenvalue weighted by Gasteiger charge is 2.37. The van der Waals surface area contributed by atoms with Crippen molar-refractivity contribution in [2.75, 3.05) is 23.4 Å². The van der Waals surface area contributed by atoms with E-state index in [-0.39, 0.29) is 11.9 Å². The molecule has 2 heterocycles. The first kappa shape index (κ1) is 21.2. The van der Waals surface area contributed by atoms with Crippen LogP contribution in [0.1, 0.15) is 39.0 Å². The molecule has 7 heteroatoms. The molecule has 156 valence electrons. The van der Waals surface area contributed by atoms with E-state index < -0.39 is 5.41 Å². The first-order valence-electron chi connectivity index (χ1n) is 9.92. The van der Waals surface area contributed by atoms with E-state index in [0.717, 1.165) is 11.3 Å². The minimum Gasteiger partial charge on any atom is -0.490 e. The molecule has 3 amide bonds. The molecule has 0 aliphatic carbocycles. The van der Waals surface area contributed by atoms with Gasteiger partial charge in [0.25, 0.3) is 0 Å². The lowest BCUT2D eigenvalue weighted by atomic mass is 9.92. The monoisotopic (exact) mass is 415 g/mol. The van der Waals surface area contributed by atoms with Crippen molar-refractivity contribution < 1.29 is 14.3 Å². The highest BCUT2D eigenvalue weighted by molar-refractivity contribution is 7.09. The second-order valence-electron chi connectivity index (χ2n) is 8.38. The fraction of sp³-hybridized carbons (Fsp3) is 0.455. The minimum absolute atomic E-state index is 0.0381. The van der Waals surface area contributed by atoms with Crippen molar-refractivity contribution in [3.05, 3.63) is 40.6 Å². The summed E-state index contributed by atoms with van der Waals surface area (Å²) in [5.74, 6) is 1.18. The summed E-state index contributed by atoms with van der Waals surface area (Å²) in [5, 5.41) is 7.68. The van der Waals surface area contributed by atoms with Gasteiger partial charge in [-0.15, -0.1) is 11.3 Å². The summed E-state index contributed by atoms with van der Waals surface area (Å²) >= 11 is 1.60. The number of amides is 3. The number of ether oxygens (including phenoxy) is 1. The zero-order valence-corrected chi connectivity index (χ0v) is 18.3. The van der Waals surface area contributed by atoms with Gasteiger partial charge in [-0.2, -0.15) is 0 Å². The van der Waals surface area contributed by atoms with E-state index in [1.807, 2.05) is 43.5 Å². The maximum atomic E-state index is 13.2. The van der Waals surface area contributed by atoms with Crippen LogP contribution in [-0.2, 0) is 11.3 Å². The molecule has 0 fully saturated rings. The number of hydrogen-bond donors (Lipinski definition) is 2. The second kappa shape index (κ2) is 8.86. The van der Waals surface area contributed by atoms with Gasteiger partial charge < -0.3 is 20.3 Å². The molecular weight excluding hydrogens is 386 g/mol. The van der Waals surface area contributed by atoms with E-state index in [2.05, 4.69) is 24.5 Å². The Morgan fingerprint density at radius 3 is 2.79 bits per heavy atom. The van der Waals surface area contributed by atoms with Crippen LogP contribution in [0.3, 0.4) is 0 Å². The molecule has 1 aliphatic rings. The Balaban J connectivity index is 1.78. The lowest BCUT2D eigenvalue weighted by molar-refractivity contribution is -0.127. The number of nitrogens with one attached hydrogen (secondary N) is 2. The molecule has 0 saturated heterocycles. The SMILES string of the molecule is CC(C)CCN1C(=O)C(C)(C)COc2ccc(NC(=O)NCc3cccs3)cc21. The van der Waals surface area contributed by atoms with Crippen LogP contribution >= 0.6 is 11.3 Å². The summed E-state index contributed by atoms with van der Waals surface area (Å²) in [6.45, 7) is 9.50. The minimum atomic E-state index is -0.609. The summed E-state index contributed by atoms with van der Waals surface area (Å²) in [7, 11) is 0. The Labute approximate surface area is 176 Å². The molecule has 29 heavy (non-hydrogen) atoms. The topological polar surface area (TPSA) is 70.7 Å². The molecule has 0 saturated carbocycles. The lowest BCUT2D eigenvalue weighted by Gasteiger charge is -2.28. The fourth-order valence-corrected chi connectivity index (χ4v) is 3.73. The van der Waals surface area contributed by atoms with Crippen molar-refractivity contribution in [1.29, 1.82) is 0 Å². The first-order chi connectivity index (χ1) is 13.8. The smallest absolute Gasteiger partial charge is 0.319 e. The summed E-state index contributed by atoms with van der Waals surface area (Å²) in [6.07, 6.45) is 0.889. The molecule has 1 aromatic heterocycles. The summed E-state index contributed by atoms with van der Waals surface area (Å²) in [5.41, 5.74) is 0.720. The molecule has 2 aromatic rings. The van der Waals surface area contributed by atoms with E-state index in [1.165, 1.54) is 0 Å². The molecule has 0 radical (unpaired) electrons. The van der Waals surface area contributed by atoms with Crippen LogP contribution in [-0.4, -0.2) is 25.1 Å². The van der Waals surface area contributed by atoms with Crippen LogP contribution in [0.4, 0.5) is 16.2 Å². The molecule has 0 atom stereocenters. The van der Waals surface area contributed by atoms with Crippen molar-refractivity contribution in [2.45, 2.75) is 40.7 Å². The maximum Gasteiger partial charge on any atom is 0.319 e. The van der Waals surface area contributed by atoms with Gasteiger partial charge in [0.05, 0.1) is 17.6 Å². The van der Waals surface area contributed by atoms with Gasteiger partial charge in [-0.05, 0) is 55.8 Å². The predicted octanol–water partition coefficient (Wildman–Crippen LogP) is 4.87. The van der Waals surface area contributed by atoms with E-state index >= 15 is 0 Å². The van der Waals surface area contributed by atoms with Gasteiger partial charge in [0, 0.05) is 17.1 Å². The molecule has 1 aromatic carbocycles. The van der Waals surface area contributed by atoms with Gasteiger partial charge in [-0.3, -0.25) is 4.79 Å². The zero-order chi connectivity index (χ0) is 21.0. The number of anilines is 2. The van der Waals surface area contributed by atoms with Crippen molar-refractivity contribution in [1.82, 2.24) is 5.32 Å². The van der Waals surface area contributed by atoms with Gasteiger partial charge in [0.1, 0.15) is 12.4 Å². The highest BCUT2D eigenvalue weighted by atomic mass is 32.1. The van der Waals surface area contributed by atoms with Crippen LogP contribution in [0.5, 0.6) is 5.75 Å². The average Bonchev–Trinajstić information content (AvgIpc) is 3.16. The van der Waals surface area contributed by atoms with Crippen molar-refractivity contribution in [3.8, 4) is 5.75 Å². The Morgan fingerprint density at radius 2 is 2.10 bits per heavy atom. The maximum absolute atomic E-state index is 13.2. The van der Waals surface area contributed by atoms with Crippen molar-refractivity contribution in [2.24, 2.45) is 11.3 Å². The van der Waals surface area contributed by atoms with Gasteiger partial charge in [-0.25, -0.2) is 4.79 Å². The van der Waals surface area contributed by atoms with Crippen molar-refractivity contribution >= 4 is 34.6 Å². The number of rotatable bonds is 6. The van der Waals surface area contributed by atoms with E-state index in [9.17, 15) is 9.59 Å². The van der Waals surface area contributed by atoms with E-state index in [0.29, 0.717) is 42.7 Å². The molecule has 2 N–H and O–H groups in total. The number of hydrogen-bond acceptors (Lipinski definition) is 4.